The van der Waals surface area contributed by atoms with Gasteiger partial charge in [0.1, 0.15) is 5.75 Å². The number of nitrogens with zero attached hydrogens (tertiary/aromatic N) is 2. The van der Waals surface area contributed by atoms with Crippen LogP contribution in [0.4, 0.5) is 0 Å². The summed E-state index contributed by atoms with van der Waals surface area (Å²) in [6.45, 7) is 8.17. The van der Waals surface area contributed by atoms with Crippen LogP contribution in [0, 0.1) is 6.92 Å². The lowest BCUT2D eigenvalue weighted by molar-refractivity contribution is 0.279. The highest BCUT2D eigenvalue weighted by Gasteiger charge is 2.19. The molecule has 1 aromatic heterocycles. The van der Waals surface area contributed by atoms with E-state index < -0.39 is 0 Å². The van der Waals surface area contributed by atoms with Crippen molar-refractivity contribution in [1.82, 2.24) is 9.97 Å². The molecule has 4 heteroatoms. The smallest absolute Gasteiger partial charge is 0.322 e. The van der Waals surface area contributed by atoms with E-state index in [4.69, 9.17) is 9.84 Å². The molecule has 0 atom stereocenters. The van der Waals surface area contributed by atoms with E-state index >= 15 is 0 Å². The van der Waals surface area contributed by atoms with Gasteiger partial charge in [-0.05, 0) is 18.4 Å². The standard InChI is InChI=1S/C16H20N2O2/c1-11-12(10-19)9-17-15(18-11)20-14-8-6-5-7-13(14)16(2,3)4/h5-9,19H,10H2,1-4H3. The second kappa shape index (κ2) is 5.59. The van der Waals surface area contributed by atoms with Crippen molar-refractivity contribution in [2.24, 2.45) is 0 Å². The lowest BCUT2D eigenvalue weighted by Crippen LogP contribution is -2.12. The van der Waals surface area contributed by atoms with Crippen LogP contribution < -0.4 is 4.74 Å². The molecule has 0 aliphatic rings. The predicted molar refractivity (Wildman–Crippen MR) is 77.9 cm³/mol. The van der Waals surface area contributed by atoms with Gasteiger partial charge in [0.25, 0.3) is 0 Å². The molecule has 0 saturated heterocycles. The number of para-hydroxylation sites is 1. The van der Waals surface area contributed by atoms with Crippen molar-refractivity contribution in [2.75, 3.05) is 0 Å². The van der Waals surface area contributed by atoms with Crippen LogP contribution in [0.2, 0.25) is 0 Å². The highest BCUT2D eigenvalue weighted by molar-refractivity contribution is 5.39. The van der Waals surface area contributed by atoms with E-state index in [1.54, 1.807) is 6.20 Å². The number of hydrogen-bond donors (Lipinski definition) is 1. The summed E-state index contributed by atoms with van der Waals surface area (Å²) in [7, 11) is 0. The first-order chi connectivity index (χ1) is 9.41. The molecule has 0 fully saturated rings. The minimum atomic E-state index is -0.0648. The van der Waals surface area contributed by atoms with Gasteiger partial charge in [-0.2, -0.15) is 4.98 Å². The van der Waals surface area contributed by atoms with Crippen molar-refractivity contribution in [2.45, 2.75) is 39.7 Å². The van der Waals surface area contributed by atoms with E-state index in [0.717, 1.165) is 17.0 Å². The van der Waals surface area contributed by atoms with E-state index in [9.17, 15) is 0 Å². The summed E-state index contributed by atoms with van der Waals surface area (Å²) in [5.41, 5.74) is 2.52. The van der Waals surface area contributed by atoms with E-state index in [2.05, 4.69) is 30.7 Å². The average Bonchev–Trinajstić information content (AvgIpc) is 2.38. The summed E-state index contributed by atoms with van der Waals surface area (Å²) >= 11 is 0. The molecule has 4 nitrogen and oxygen atoms in total. The van der Waals surface area contributed by atoms with Crippen LogP contribution in [0.1, 0.15) is 37.6 Å². The fraction of sp³-hybridized carbons (Fsp3) is 0.375. The molecule has 20 heavy (non-hydrogen) atoms. The molecule has 0 unspecified atom stereocenters. The zero-order chi connectivity index (χ0) is 14.8. The molecule has 1 aromatic carbocycles. The first-order valence-corrected chi connectivity index (χ1v) is 6.62. The largest absolute Gasteiger partial charge is 0.424 e. The lowest BCUT2D eigenvalue weighted by atomic mass is 9.86. The van der Waals surface area contributed by atoms with Crippen LogP contribution in [-0.4, -0.2) is 15.1 Å². The maximum Gasteiger partial charge on any atom is 0.322 e. The van der Waals surface area contributed by atoms with Gasteiger partial charge in [-0.3, -0.25) is 0 Å². The van der Waals surface area contributed by atoms with Gasteiger partial charge in [0, 0.05) is 17.3 Å². The first-order valence-electron chi connectivity index (χ1n) is 6.62. The highest BCUT2D eigenvalue weighted by Crippen LogP contribution is 2.32. The second-order valence-corrected chi connectivity index (χ2v) is 5.77. The molecule has 0 aliphatic carbocycles. The molecule has 1 heterocycles. The number of ether oxygens (including phenoxy) is 1. The normalized spacial score (nSPS) is 11.4. The van der Waals surface area contributed by atoms with E-state index in [0.29, 0.717) is 11.6 Å². The number of hydrogen-bond acceptors (Lipinski definition) is 4. The van der Waals surface area contributed by atoms with Crippen molar-refractivity contribution in [3.63, 3.8) is 0 Å². The van der Waals surface area contributed by atoms with Gasteiger partial charge < -0.3 is 9.84 Å². The molecule has 2 aromatic rings. The van der Waals surface area contributed by atoms with Crippen molar-refractivity contribution >= 4 is 0 Å². The number of benzene rings is 1. The van der Waals surface area contributed by atoms with Crippen LogP contribution in [0.15, 0.2) is 30.5 Å². The Morgan fingerprint density at radius 2 is 1.90 bits per heavy atom. The van der Waals surface area contributed by atoms with Gasteiger partial charge in [-0.25, -0.2) is 4.98 Å². The summed E-state index contributed by atoms with van der Waals surface area (Å²) < 4.78 is 5.81. The van der Waals surface area contributed by atoms with Gasteiger partial charge >= 0.3 is 6.01 Å². The molecular formula is C16H20N2O2. The summed E-state index contributed by atoms with van der Waals surface area (Å²) in [6.07, 6.45) is 1.59. The Hall–Kier alpha value is -1.94. The van der Waals surface area contributed by atoms with Crippen molar-refractivity contribution in [3.05, 3.63) is 47.3 Å². The zero-order valence-electron chi connectivity index (χ0n) is 12.3. The molecule has 106 valence electrons. The molecular weight excluding hydrogens is 252 g/mol. The van der Waals surface area contributed by atoms with Gasteiger partial charge in [0.15, 0.2) is 0 Å². The Morgan fingerprint density at radius 1 is 1.20 bits per heavy atom. The van der Waals surface area contributed by atoms with Gasteiger partial charge in [0.05, 0.1) is 12.3 Å². The van der Waals surface area contributed by atoms with Crippen LogP contribution in [-0.2, 0) is 12.0 Å². The Bertz CT molecular complexity index is 604. The van der Waals surface area contributed by atoms with Gasteiger partial charge in [0.2, 0.25) is 0 Å². The van der Waals surface area contributed by atoms with Crippen molar-refractivity contribution in [3.8, 4) is 11.8 Å². The van der Waals surface area contributed by atoms with Gasteiger partial charge in [-0.15, -0.1) is 0 Å². The highest BCUT2D eigenvalue weighted by atomic mass is 16.5. The Labute approximate surface area is 119 Å². The zero-order valence-corrected chi connectivity index (χ0v) is 12.3. The maximum absolute atomic E-state index is 9.13. The molecule has 1 N–H and O–H groups in total. The molecule has 0 saturated carbocycles. The van der Waals surface area contributed by atoms with Crippen molar-refractivity contribution < 1.29 is 9.84 Å². The second-order valence-electron chi connectivity index (χ2n) is 5.77. The fourth-order valence-electron chi connectivity index (χ4n) is 1.95. The monoisotopic (exact) mass is 272 g/mol. The molecule has 0 amide bonds. The quantitative estimate of drug-likeness (QED) is 0.930. The molecule has 0 aliphatic heterocycles. The van der Waals surface area contributed by atoms with E-state index in [1.807, 2.05) is 31.2 Å². The molecule has 0 bridgehead atoms. The Morgan fingerprint density at radius 3 is 2.50 bits per heavy atom. The molecule has 2 rings (SSSR count). The summed E-state index contributed by atoms with van der Waals surface area (Å²) in [5, 5.41) is 9.13. The maximum atomic E-state index is 9.13. The number of aliphatic hydroxyl groups excluding tert-OH is 1. The Kier molecular flexibility index (Phi) is 4.04. The topological polar surface area (TPSA) is 55.2 Å². The summed E-state index contributed by atoms with van der Waals surface area (Å²) in [5.74, 6) is 0.760. The molecule has 0 spiro atoms. The van der Waals surface area contributed by atoms with Crippen molar-refractivity contribution in [1.29, 1.82) is 0 Å². The Balaban J connectivity index is 2.33. The van der Waals surface area contributed by atoms with Crippen LogP contribution >= 0.6 is 0 Å². The third kappa shape index (κ3) is 3.14. The third-order valence-electron chi connectivity index (χ3n) is 3.13. The summed E-state index contributed by atoms with van der Waals surface area (Å²) in [6, 6.07) is 8.19. The molecule has 0 radical (unpaired) electrons. The third-order valence-corrected chi connectivity index (χ3v) is 3.13. The SMILES string of the molecule is Cc1nc(Oc2ccccc2C(C)(C)C)ncc1CO. The number of aromatic nitrogens is 2. The number of rotatable bonds is 3. The lowest BCUT2D eigenvalue weighted by Gasteiger charge is -2.22. The summed E-state index contributed by atoms with van der Waals surface area (Å²) in [4.78, 5) is 8.40. The van der Waals surface area contributed by atoms with Crippen LogP contribution in [0.5, 0.6) is 11.8 Å². The fourth-order valence-corrected chi connectivity index (χ4v) is 1.95. The van der Waals surface area contributed by atoms with Gasteiger partial charge in [-0.1, -0.05) is 39.0 Å². The minimum absolute atomic E-state index is 0.0172. The number of aliphatic hydroxyl groups is 1. The predicted octanol–water partition coefficient (Wildman–Crippen LogP) is 3.37. The van der Waals surface area contributed by atoms with E-state index in [1.165, 1.54) is 0 Å². The van der Waals surface area contributed by atoms with Crippen LogP contribution in [0.3, 0.4) is 0 Å². The van der Waals surface area contributed by atoms with Crippen LogP contribution in [0.25, 0.3) is 0 Å². The first kappa shape index (κ1) is 14.5. The van der Waals surface area contributed by atoms with E-state index in [-0.39, 0.29) is 12.0 Å². The number of aryl methyl sites for hydroxylation is 1. The minimum Gasteiger partial charge on any atom is -0.424 e. The average molecular weight is 272 g/mol.